The summed E-state index contributed by atoms with van der Waals surface area (Å²) in [7, 11) is 0. The predicted octanol–water partition coefficient (Wildman–Crippen LogP) is 7.58. The van der Waals surface area contributed by atoms with E-state index in [0.717, 1.165) is 35.6 Å². The molecule has 36 heavy (non-hydrogen) atoms. The van der Waals surface area contributed by atoms with Gasteiger partial charge in [-0.3, -0.25) is 4.90 Å². The fourth-order valence-corrected chi connectivity index (χ4v) is 6.27. The summed E-state index contributed by atoms with van der Waals surface area (Å²) in [6.45, 7) is 1.78. The average molecular weight is 490 g/mol. The summed E-state index contributed by atoms with van der Waals surface area (Å²) in [5.41, 5.74) is 5.82. The van der Waals surface area contributed by atoms with Crippen LogP contribution in [0.1, 0.15) is 53.0 Å². The van der Waals surface area contributed by atoms with Crippen LogP contribution in [0.15, 0.2) is 72.8 Å². The molecule has 1 amide bonds. The summed E-state index contributed by atoms with van der Waals surface area (Å²) in [6.07, 6.45) is -0.637. The van der Waals surface area contributed by atoms with E-state index in [1.807, 2.05) is 30.3 Å². The van der Waals surface area contributed by atoms with E-state index in [1.54, 1.807) is 11.0 Å². The smallest absolute Gasteiger partial charge is 0.416 e. The second-order valence-corrected chi connectivity index (χ2v) is 9.88. The summed E-state index contributed by atoms with van der Waals surface area (Å²) in [5.74, 6) is -0.0114. The Kier molecular flexibility index (Phi) is 5.43. The van der Waals surface area contributed by atoms with Crippen molar-refractivity contribution in [3.05, 3.63) is 101 Å². The molecule has 2 aliphatic heterocycles. The first-order valence-electron chi connectivity index (χ1n) is 12.3. The van der Waals surface area contributed by atoms with E-state index in [4.69, 9.17) is 4.74 Å². The maximum absolute atomic E-state index is 13.4. The number of alkyl halides is 3. The second kappa shape index (κ2) is 8.54. The van der Waals surface area contributed by atoms with Crippen LogP contribution in [-0.4, -0.2) is 29.7 Å². The van der Waals surface area contributed by atoms with Crippen molar-refractivity contribution >= 4 is 11.7 Å². The molecule has 0 radical (unpaired) electrons. The fraction of sp³-hybridized carbons (Fsp3) is 0.300. The van der Waals surface area contributed by atoms with Crippen molar-refractivity contribution in [2.75, 3.05) is 6.61 Å². The molecule has 3 aliphatic rings. The molecule has 2 bridgehead atoms. The number of halogens is 3. The molecule has 0 N–H and O–H groups in total. The maximum atomic E-state index is 13.4. The second-order valence-electron chi connectivity index (χ2n) is 9.88. The van der Waals surface area contributed by atoms with Crippen LogP contribution < -0.4 is 0 Å². The van der Waals surface area contributed by atoms with Gasteiger partial charge >= 0.3 is 12.3 Å². The standard InChI is InChI=1S/C30H26F3NO2/c1-18-22(11-6-12-28(18)30(31,32)33)19-15-20-13-14-21(16-19)34(20)29(35)36-17-27-25-9-4-2-7-23(25)24-8-3-5-10-26(24)27/h2-12,15,20-21,27H,13-14,16-17H2,1H3. The number of carbonyl (C=O) groups excluding carboxylic acids is 1. The molecule has 6 rings (SSSR count). The van der Waals surface area contributed by atoms with Gasteiger partial charge in [-0.05, 0) is 71.2 Å². The van der Waals surface area contributed by atoms with Gasteiger partial charge in [-0.15, -0.1) is 0 Å². The average Bonchev–Trinajstić information content (AvgIpc) is 3.32. The van der Waals surface area contributed by atoms with Crippen molar-refractivity contribution in [1.82, 2.24) is 4.90 Å². The topological polar surface area (TPSA) is 29.5 Å². The summed E-state index contributed by atoms with van der Waals surface area (Å²) >= 11 is 0. The number of hydrogen-bond acceptors (Lipinski definition) is 2. The Hall–Kier alpha value is -3.54. The minimum absolute atomic E-state index is 0.0114. The highest BCUT2D eigenvalue weighted by Crippen LogP contribution is 2.45. The molecule has 2 unspecified atom stereocenters. The largest absolute Gasteiger partial charge is 0.448 e. The van der Waals surface area contributed by atoms with E-state index in [-0.39, 0.29) is 36.3 Å². The first kappa shape index (κ1) is 22.9. The quantitative estimate of drug-likeness (QED) is 0.379. The molecule has 3 nitrogen and oxygen atoms in total. The van der Waals surface area contributed by atoms with Crippen molar-refractivity contribution in [2.45, 2.75) is 50.4 Å². The van der Waals surface area contributed by atoms with Crippen molar-refractivity contribution in [2.24, 2.45) is 0 Å². The third-order valence-electron chi connectivity index (χ3n) is 7.93. The van der Waals surface area contributed by atoms with Crippen LogP contribution in [0.2, 0.25) is 0 Å². The van der Waals surface area contributed by atoms with Crippen LogP contribution in [0.3, 0.4) is 0 Å². The summed E-state index contributed by atoms with van der Waals surface area (Å²) in [5, 5.41) is 0. The summed E-state index contributed by atoms with van der Waals surface area (Å²) in [6, 6.07) is 20.5. The third kappa shape index (κ3) is 3.71. The minimum Gasteiger partial charge on any atom is -0.448 e. The molecule has 3 aromatic carbocycles. The van der Waals surface area contributed by atoms with Gasteiger partial charge in [0.05, 0.1) is 11.6 Å². The Labute approximate surface area is 208 Å². The number of ether oxygens (including phenoxy) is 1. The number of amides is 1. The predicted molar refractivity (Wildman–Crippen MR) is 132 cm³/mol. The van der Waals surface area contributed by atoms with Crippen LogP contribution in [-0.2, 0) is 10.9 Å². The highest BCUT2D eigenvalue weighted by molar-refractivity contribution is 5.80. The lowest BCUT2D eigenvalue weighted by Gasteiger charge is -2.34. The lowest BCUT2D eigenvalue weighted by Crippen LogP contribution is -2.43. The Bertz CT molecular complexity index is 1330. The van der Waals surface area contributed by atoms with Crippen LogP contribution in [0.25, 0.3) is 16.7 Å². The zero-order valence-electron chi connectivity index (χ0n) is 19.9. The Balaban J connectivity index is 1.21. The lowest BCUT2D eigenvalue weighted by molar-refractivity contribution is -0.138. The van der Waals surface area contributed by atoms with E-state index >= 15 is 0 Å². The number of fused-ring (bicyclic) bond motifs is 5. The van der Waals surface area contributed by atoms with Gasteiger partial charge in [-0.2, -0.15) is 13.2 Å². The number of hydrogen-bond donors (Lipinski definition) is 0. The van der Waals surface area contributed by atoms with Gasteiger partial charge in [0, 0.05) is 12.0 Å². The molecule has 1 saturated heterocycles. The first-order chi connectivity index (χ1) is 17.3. The van der Waals surface area contributed by atoms with E-state index in [1.165, 1.54) is 24.1 Å². The Morgan fingerprint density at radius 2 is 1.56 bits per heavy atom. The molecule has 0 spiro atoms. The number of carbonyl (C=O) groups is 1. The molecule has 6 heteroatoms. The number of rotatable bonds is 3. The third-order valence-corrected chi connectivity index (χ3v) is 7.93. The van der Waals surface area contributed by atoms with Crippen molar-refractivity contribution in [3.63, 3.8) is 0 Å². The monoisotopic (exact) mass is 489 g/mol. The number of nitrogens with zero attached hydrogens (tertiary/aromatic N) is 1. The van der Waals surface area contributed by atoms with Crippen LogP contribution in [0.4, 0.5) is 18.0 Å². The molecular weight excluding hydrogens is 463 g/mol. The minimum atomic E-state index is -4.39. The molecule has 0 aromatic heterocycles. The van der Waals surface area contributed by atoms with Crippen molar-refractivity contribution in [3.8, 4) is 11.1 Å². The molecule has 0 saturated carbocycles. The molecule has 1 aliphatic carbocycles. The Morgan fingerprint density at radius 1 is 0.917 bits per heavy atom. The van der Waals surface area contributed by atoms with Gasteiger partial charge in [-0.1, -0.05) is 66.7 Å². The van der Waals surface area contributed by atoms with Crippen LogP contribution >= 0.6 is 0 Å². The maximum Gasteiger partial charge on any atom is 0.416 e. The van der Waals surface area contributed by atoms with Crippen molar-refractivity contribution in [1.29, 1.82) is 0 Å². The van der Waals surface area contributed by atoms with Crippen LogP contribution in [0, 0.1) is 6.92 Å². The van der Waals surface area contributed by atoms with Crippen molar-refractivity contribution < 1.29 is 22.7 Å². The molecule has 2 heterocycles. The lowest BCUT2D eigenvalue weighted by atomic mass is 9.90. The van der Waals surface area contributed by atoms with Gasteiger partial charge in [0.25, 0.3) is 0 Å². The first-order valence-corrected chi connectivity index (χ1v) is 12.3. The molecule has 2 atom stereocenters. The van der Waals surface area contributed by atoms with E-state index < -0.39 is 11.7 Å². The fourth-order valence-electron chi connectivity index (χ4n) is 6.27. The van der Waals surface area contributed by atoms with Gasteiger partial charge < -0.3 is 4.74 Å². The molecule has 1 fully saturated rings. The highest BCUT2D eigenvalue weighted by atomic mass is 19.4. The van der Waals surface area contributed by atoms with Gasteiger partial charge in [-0.25, -0.2) is 4.79 Å². The van der Waals surface area contributed by atoms with E-state index in [9.17, 15) is 18.0 Å². The summed E-state index contributed by atoms with van der Waals surface area (Å²) in [4.78, 5) is 15.1. The number of benzene rings is 3. The molecule has 3 aromatic rings. The SMILES string of the molecule is Cc1c(C2=CC3CCC(C2)N3C(=O)OCC2c3ccccc3-c3ccccc32)cccc1C(F)(F)F. The van der Waals surface area contributed by atoms with Gasteiger partial charge in [0.15, 0.2) is 0 Å². The summed E-state index contributed by atoms with van der Waals surface area (Å²) < 4.78 is 46.2. The normalized spacial score (nSPS) is 20.7. The van der Waals surface area contributed by atoms with Gasteiger partial charge in [0.1, 0.15) is 6.61 Å². The zero-order valence-corrected chi connectivity index (χ0v) is 19.9. The Morgan fingerprint density at radius 3 is 2.19 bits per heavy atom. The molecule has 184 valence electrons. The van der Waals surface area contributed by atoms with Gasteiger partial charge in [0.2, 0.25) is 0 Å². The van der Waals surface area contributed by atoms with E-state index in [0.29, 0.717) is 12.0 Å². The van der Waals surface area contributed by atoms with Crippen LogP contribution in [0.5, 0.6) is 0 Å². The van der Waals surface area contributed by atoms with E-state index in [2.05, 4.69) is 24.3 Å². The zero-order chi connectivity index (χ0) is 25.0. The molecular formula is C30H26F3NO2. The highest BCUT2D eigenvalue weighted by Gasteiger charge is 2.42.